The molecule has 4 nitrogen and oxygen atoms in total. The molecular weight excluding hydrogens is 214 g/mol. The second kappa shape index (κ2) is 4.65. The number of aryl methyl sites for hydroxylation is 2. The number of nitrogens with zero attached hydrogens (tertiary/aromatic N) is 2. The summed E-state index contributed by atoms with van der Waals surface area (Å²) in [6.45, 7) is 5.65. The van der Waals surface area contributed by atoms with E-state index in [-0.39, 0.29) is 5.69 Å². The number of anilines is 1. The van der Waals surface area contributed by atoms with Gasteiger partial charge in [-0.2, -0.15) is 0 Å². The first-order valence-corrected chi connectivity index (χ1v) is 6.17. The van der Waals surface area contributed by atoms with Crippen LogP contribution in [0.4, 0.5) is 5.69 Å². The molecule has 1 aromatic heterocycles. The fourth-order valence-electron chi connectivity index (χ4n) is 2.22. The normalized spacial score (nSPS) is 11.2. The molecule has 0 aliphatic rings. The van der Waals surface area contributed by atoms with Crippen molar-refractivity contribution in [3.63, 3.8) is 0 Å². The standard InChI is InChI=1S/C13H19N3O/c1-3-7-15-11-6-5-10(14)9-12(11)16(8-4-2)13(15)17/h5-6,9H,3-4,7-8,14H2,1-2H3. The largest absolute Gasteiger partial charge is 0.399 e. The number of nitrogens with two attached hydrogens (primary N) is 1. The molecule has 0 bridgehead atoms. The molecule has 0 fully saturated rings. The van der Waals surface area contributed by atoms with Crippen LogP contribution in [0, 0.1) is 0 Å². The molecule has 1 heterocycles. The lowest BCUT2D eigenvalue weighted by molar-refractivity contribution is 0.607. The third-order valence-electron chi connectivity index (χ3n) is 2.94. The summed E-state index contributed by atoms with van der Waals surface area (Å²) in [6.07, 6.45) is 1.90. The maximum atomic E-state index is 12.3. The van der Waals surface area contributed by atoms with Crippen LogP contribution >= 0.6 is 0 Å². The average molecular weight is 233 g/mol. The predicted octanol–water partition coefficient (Wildman–Crippen LogP) is 2.21. The number of fused-ring (bicyclic) bond motifs is 1. The summed E-state index contributed by atoms with van der Waals surface area (Å²) in [7, 11) is 0. The summed E-state index contributed by atoms with van der Waals surface area (Å²) in [4.78, 5) is 12.3. The lowest BCUT2D eigenvalue weighted by atomic mass is 10.2. The number of hydrogen-bond donors (Lipinski definition) is 1. The van der Waals surface area contributed by atoms with Crippen molar-refractivity contribution in [3.8, 4) is 0 Å². The summed E-state index contributed by atoms with van der Waals surface area (Å²) in [6, 6.07) is 5.68. The van der Waals surface area contributed by atoms with Crippen LogP contribution in [0.5, 0.6) is 0 Å². The quantitative estimate of drug-likeness (QED) is 0.823. The van der Waals surface area contributed by atoms with Crippen LogP contribution in [0.15, 0.2) is 23.0 Å². The Morgan fingerprint density at radius 2 is 1.65 bits per heavy atom. The van der Waals surface area contributed by atoms with E-state index in [0.717, 1.165) is 37.0 Å². The molecule has 4 heteroatoms. The van der Waals surface area contributed by atoms with Gasteiger partial charge in [0.2, 0.25) is 0 Å². The zero-order chi connectivity index (χ0) is 12.4. The Balaban J connectivity index is 2.73. The topological polar surface area (TPSA) is 53.0 Å². The lowest BCUT2D eigenvalue weighted by Crippen LogP contribution is -2.24. The lowest BCUT2D eigenvalue weighted by Gasteiger charge is -2.00. The molecule has 0 saturated carbocycles. The number of hydrogen-bond acceptors (Lipinski definition) is 2. The highest BCUT2D eigenvalue weighted by atomic mass is 16.1. The molecule has 2 rings (SSSR count). The van der Waals surface area contributed by atoms with Crippen molar-refractivity contribution in [2.24, 2.45) is 0 Å². The second-order valence-electron chi connectivity index (χ2n) is 4.33. The molecule has 0 aliphatic heterocycles. The van der Waals surface area contributed by atoms with E-state index < -0.39 is 0 Å². The molecule has 0 amide bonds. The van der Waals surface area contributed by atoms with Crippen LogP contribution < -0.4 is 11.4 Å². The van der Waals surface area contributed by atoms with Gasteiger partial charge in [-0.3, -0.25) is 9.13 Å². The Kier molecular flexibility index (Phi) is 3.22. The van der Waals surface area contributed by atoms with E-state index in [1.54, 1.807) is 0 Å². The van der Waals surface area contributed by atoms with Crippen LogP contribution in [-0.2, 0) is 13.1 Å². The predicted molar refractivity (Wildman–Crippen MR) is 71.2 cm³/mol. The van der Waals surface area contributed by atoms with Gasteiger partial charge >= 0.3 is 5.69 Å². The summed E-state index contributed by atoms with van der Waals surface area (Å²) in [5.41, 5.74) is 8.52. The number of nitrogen functional groups attached to an aromatic ring is 1. The monoisotopic (exact) mass is 233 g/mol. The summed E-state index contributed by atoms with van der Waals surface area (Å²) < 4.78 is 3.66. The molecule has 92 valence electrons. The molecule has 0 radical (unpaired) electrons. The van der Waals surface area contributed by atoms with E-state index in [0.29, 0.717) is 5.69 Å². The van der Waals surface area contributed by atoms with Crippen LogP contribution in [0.2, 0.25) is 0 Å². The van der Waals surface area contributed by atoms with E-state index in [4.69, 9.17) is 5.73 Å². The van der Waals surface area contributed by atoms with Crippen LogP contribution in [0.1, 0.15) is 26.7 Å². The van der Waals surface area contributed by atoms with E-state index in [1.807, 2.05) is 27.3 Å². The molecular formula is C13H19N3O. The number of imidazole rings is 1. The van der Waals surface area contributed by atoms with Gasteiger partial charge in [-0.25, -0.2) is 4.79 Å². The third-order valence-corrected chi connectivity index (χ3v) is 2.94. The van der Waals surface area contributed by atoms with Crippen molar-refractivity contribution >= 4 is 16.7 Å². The summed E-state index contributed by atoms with van der Waals surface area (Å²) in [5.74, 6) is 0. The fourth-order valence-corrected chi connectivity index (χ4v) is 2.22. The second-order valence-corrected chi connectivity index (χ2v) is 4.33. The van der Waals surface area contributed by atoms with Crippen molar-refractivity contribution in [2.75, 3.05) is 5.73 Å². The van der Waals surface area contributed by atoms with Gasteiger partial charge < -0.3 is 5.73 Å². The first-order valence-electron chi connectivity index (χ1n) is 6.17. The van der Waals surface area contributed by atoms with Crippen LogP contribution in [0.25, 0.3) is 11.0 Å². The Hall–Kier alpha value is -1.71. The molecule has 17 heavy (non-hydrogen) atoms. The van der Waals surface area contributed by atoms with E-state index >= 15 is 0 Å². The van der Waals surface area contributed by atoms with Crippen molar-refractivity contribution in [1.29, 1.82) is 0 Å². The minimum absolute atomic E-state index is 0.0781. The smallest absolute Gasteiger partial charge is 0.329 e. The van der Waals surface area contributed by atoms with E-state index in [2.05, 4.69) is 13.8 Å². The Morgan fingerprint density at radius 1 is 1.06 bits per heavy atom. The zero-order valence-electron chi connectivity index (χ0n) is 10.4. The van der Waals surface area contributed by atoms with Gasteiger partial charge in [0.05, 0.1) is 11.0 Å². The number of benzene rings is 1. The molecule has 0 atom stereocenters. The van der Waals surface area contributed by atoms with Crippen molar-refractivity contribution < 1.29 is 0 Å². The Bertz CT molecular complexity index is 580. The average Bonchev–Trinajstić information content (AvgIpc) is 2.55. The SMILES string of the molecule is CCCn1c(=O)n(CCC)c2cc(N)ccc21. The van der Waals surface area contributed by atoms with Gasteiger partial charge in [-0.15, -0.1) is 0 Å². The van der Waals surface area contributed by atoms with Gasteiger partial charge in [0.25, 0.3) is 0 Å². The minimum atomic E-state index is 0.0781. The molecule has 0 aliphatic carbocycles. The Morgan fingerprint density at radius 3 is 2.24 bits per heavy atom. The first-order chi connectivity index (χ1) is 8.19. The fraction of sp³-hybridized carbons (Fsp3) is 0.462. The highest BCUT2D eigenvalue weighted by molar-refractivity contribution is 5.79. The molecule has 0 spiro atoms. The van der Waals surface area contributed by atoms with Gasteiger partial charge in [0.15, 0.2) is 0 Å². The van der Waals surface area contributed by atoms with Crippen molar-refractivity contribution in [1.82, 2.24) is 9.13 Å². The van der Waals surface area contributed by atoms with Crippen molar-refractivity contribution in [2.45, 2.75) is 39.8 Å². The highest BCUT2D eigenvalue weighted by Crippen LogP contribution is 2.17. The van der Waals surface area contributed by atoms with Gasteiger partial charge in [-0.05, 0) is 31.0 Å². The Labute approximate surface area is 101 Å². The molecule has 0 saturated heterocycles. The van der Waals surface area contributed by atoms with Crippen LogP contribution in [0.3, 0.4) is 0 Å². The number of rotatable bonds is 4. The van der Waals surface area contributed by atoms with E-state index in [1.165, 1.54) is 0 Å². The minimum Gasteiger partial charge on any atom is -0.399 e. The molecule has 2 aromatic rings. The summed E-state index contributed by atoms with van der Waals surface area (Å²) >= 11 is 0. The summed E-state index contributed by atoms with van der Waals surface area (Å²) in [5, 5.41) is 0. The maximum absolute atomic E-state index is 12.3. The maximum Gasteiger partial charge on any atom is 0.329 e. The third kappa shape index (κ3) is 1.95. The van der Waals surface area contributed by atoms with Gasteiger partial charge in [0.1, 0.15) is 0 Å². The van der Waals surface area contributed by atoms with Crippen LogP contribution in [-0.4, -0.2) is 9.13 Å². The highest BCUT2D eigenvalue weighted by Gasteiger charge is 2.11. The molecule has 0 unspecified atom stereocenters. The number of aromatic nitrogens is 2. The zero-order valence-corrected chi connectivity index (χ0v) is 10.4. The molecule has 1 aromatic carbocycles. The van der Waals surface area contributed by atoms with Gasteiger partial charge in [-0.1, -0.05) is 13.8 Å². The van der Waals surface area contributed by atoms with Gasteiger partial charge in [0, 0.05) is 18.8 Å². The first kappa shape index (κ1) is 11.8. The molecule has 2 N–H and O–H groups in total. The van der Waals surface area contributed by atoms with E-state index in [9.17, 15) is 4.79 Å². The van der Waals surface area contributed by atoms with Crippen molar-refractivity contribution in [3.05, 3.63) is 28.7 Å².